The molecule has 19 heavy (non-hydrogen) atoms. The number of hydrogen-bond donors (Lipinski definition) is 1. The summed E-state index contributed by atoms with van der Waals surface area (Å²) >= 11 is 0. The number of rotatable bonds is 6. The van der Waals surface area contributed by atoms with Crippen molar-refractivity contribution >= 4 is 0 Å². The van der Waals surface area contributed by atoms with Crippen LogP contribution in [0.4, 0.5) is 0 Å². The molecule has 0 saturated heterocycles. The molecule has 2 aromatic heterocycles. The highest BCUT2D eigenvalue weighted by molar-refractivity contribution is 5.20. The Labute approximate surface area is 113 Å². The van der Waals surface area contributed by atoms with Gasteiger partial charge in [0.1, 0.15) is 0 Å². The van der Waals surface area contributed by atoms with E-state index >= 15 is 0 Å². The number of pyridine rings is 2. The Morgan fingerprint density at radius 1 is 1.21 bits per heavy atom. The highest BCUT2D eigenvalue weighted by Crippen LogP contribution is 2.12. The van der Waals surface area contributed by atoms with Crippen molar-refractivity contribution in [2.24, 2.45) is 5.73 Å². The van der Waals surface area contributed by atoms with Gasteiger partial charge in [0.05, 0.1) is 6.61 Å². The summed E-state index contributed by atoms with van der Waals surface area (Å²) in [6.45, 7) is 2.60. The Kier molecular flexibility index (Phi) is 4.86. The normalized spacial score (nSPS) is 12.1. The maximum Gasteiger partial charge on any atom is 0.213 e. The van der Waals surface area contributed by atoms with Crippen molar-refractivity contribution in [1.29, 1.82) is 0 Å². The summed E-state index contributed by atoms with van der Waals surface area (Å²) in [6.07, 6.45) is 7.33. The van der Waals surface area contributed by atoms with Crippen molar-refractivity contribution < 1.29 is 4.74 Å². The average Bonchev–Trinajstić information content (AvgIpc) is 2.45. The molecule has 1 atom stereocenters. The molecule has 0 aliphatic heterocycles. The van der Waals surface area contributed by atoms with Crippen LogP contribution in [-0.4, -0.2) is 16.6 Å². The third kappa shape index (κ3) is 4.34. The van der Waals surface area contributed by atoms with Crippen LogP contribution in [0.5, 0.6) is 5.88 Å². The zero-order valence-corrected chi connectivity index (χ0v) is 11.1. The fourth-order valence-corrected chi connectivity index (χ4v) is 1.75. The molecule has 0 saturated carbocycles. The molecule has 2 rings (SSSR count). The molecule has 0 aliphatic rings. The number of nitrogens with zero attached hydrogens (tertiary/aromatic N) is 2. The Morgan fingerprint density at radius 3 is 2.63 bits per heavy atom. The molecule has 0 aromatic carbocycles. The van der Waals surface area contributed by atoms with Crippen molar-refractivity contribution in [3.05, 3.63) is 54.0 Å². The second-order valence-corrected chi connectivity index (χ2v) is 4.53. The Bertz CT molecular complexity index is 483. The number of nitrogens with two attached hydrogens (primary N) is 1. The zero-order chi connectivity index (χ0) is 13.5. The molecule has 2 heterocycles. The van der Waals surface area contributed by atoms with Gasteiger partial charge in [0.25, 0.3) is 0 Å². The Balaban J connectivity index is 1.74. The first-order chi connectivity index (χ1) is 9.25. The molecule has 0 bridgehead atoms. The molecule has 0 fully saturated rings. The predicted molar refractivity (Wildman–Crippen MR) is 74.9 cm³/mol. The number of ether oxygens (including phenoxy) is 1. The fourth-order valence-electron chi connectivity index (χ4n) is 1.75. The SMILES string of the molecule is CC(N)c1ccc(OCCCc2ccncc2)nc1. The predicted octanol–water partition coefficient (Wildman–Crippen LogP) is 2.51. The van der Waals surface area contributed by atoms with E-state index in [1.165, 1.54) is 5.56 Å². The number of aryl methyl sites for hydroxylation is 1. The molecule has 0 aliphatic carbocycles. The van der Waals surface area contributed by atoms with Crippen LogP contribution in [0.2, 0.25) is 0 Å². The van der Waals surface area contributed by atoms with Gasteiger partial charge in [0.2, 0.25) is 5.88 Å². The van der Waals surface area contributed by atoms with Gasteiger partial charge in [-0.15, -0.1) is 0 Å². The first-order valence-corrected chi connectivity index (χ1v) is 6.49. The summed E-state index contributed by atoms with van der Waals surface area (Å²) in [7, 11) is 0. The lowest BCUT2D eigenvalue weighted by molar-refractivity contribution is 0.299. The maximum absolute atomic E-state index is 5.76. The lowest BCUT2D eigenvalue weighted by Crippen LogP contribution is -2.06. The van der Waals surface area contributed by atoms with E-state index in [1.54, 1.807) is 6.20 Å². The summed E-state index contributed by atoms with van der Waals surface area (Å²) in [4.78, 5) is 8.22. The quantitative estimate of drug-likeness (QED) is 0.808. The van der Waals surface area contributed by atoms with E-state index in [2.05, 4.69) is 9.97 Å². The second kappa shape index (κ2) is 6.85. The van der Waals surface area contributed by atoms with Crippen LogP contribution in [0.15, 0.2) is 42.9 Å². The van der Waals surface area contributed by atoms with Gasteiger partial charge in [-0.3, -0.25) is 4.98 Å². The number of aromatic nitrogens is 2. The van der Waals surface area contributed by atoms with Crippen molar-refractivity contribution in [2.75, 3.05) is 6.61 Å². The van der Waals surface area contributed by atoms with Crippen LogP contribution < -0.4 is 10.5 Å². The van der Waals surface area contributed by atoms with Crippen LogP contribution in [0.3, 0.4) is 0 Å². The topological polar surface area (TPSA) is 61.0 Å². The lowest BCUT2D eigenvalue weighted by Gasteiger charge is -2.08. The van der Waals surface area contributed by atoms with Gasteiger partial charge in [-0.25, -0.2) is 4.98 Å². The first kappa shape index (κ1) is 13.5. The third-order valence-electron chi connectivity index (χ3n) is 2.89. The van der Waals surface area contributed by atoms with Crippen LogP contribution in [-0.2, 0) is 6.42 Å². The van der Waals surface area contributed by atoms with Crippen LogP contribution >= 0.6 is 0 Å². The molecule has 0 radical (unpaired) electrons. The van der Waals surface area contributed by atoms with E-state index in [-0.39, 0.29) is 6.04 Å². The van der Waals surface area contributed by atoms with Gasteiger partial charge in [-0.05, 0) is 43.0 Å². The largest absolute Gasteiger partial charge is 0.478 e. The summed E-state index contributed by atoms with van der Waals surface area (Å²) in [5.41, 5.74) is 8.06. The summed E-state index contributed by atoms with van der Waals surface area (Å²) < 4.78 is 5.59. The van der Waals surface area contributed by atoms with E-state index in [9.17, 15) is 0 Å². The van der Waals surface area contributed by atoms with Crippen molar-refractivity contribution in [2.45, 2.75) is 25.8 Å². The Morgan fingerprint density at radius 2 is 2.00 bits per heavy atom. The second-order valence-electron chi connectivity index (χ2n) is 4.53. The van der Waals surface area contributed by atoms with E-state index in [4.69, 9.17) is 10.5 Å². The molecule has 2 N–H and O–H groups in total. The fraction of sp³-hybridized carbons (Fsp3) is 0.333. The highest BCUT2D eigenvalue weighted by Gasteiger charge is 2.01. The standard InChI is InChI=1S/C15H19N3O/c1-12(16)14-4-5-15(18-11-14)19-10-2-3-13-6-8-17-9-7-13/h4-9,11-12H,2-3,10,16H2,1H3. The molecule has 0 spiro atoms. The smallest absolute Gasteiger partial charge is 0.213 e. The monoisotopic (exact) mass is 257 g/mol. The van der Waals surface area contributed by atoms with Crippen molar-refractivity contribution in [3.8, 4) is 5.88 Å². The van der Waals surface area contributed by atoms with Gasteiger partial charge in [-0.2, -0.15) is 0 Å². The Hall–Kier alpha value is -1.94. The minimum Gasteiger partial charge on any atom is -0.478 e. The van der Waals surface area contributed by atoms with Gasteiger partial charge < -0.3 is 10.5 Å². The van der Waals surface area contributed by atoms with E-state index < -0.39 is 0 Å². The van der Waals surface area contributed by atoms with Gasteiger partial charge in [0.15, 0.2) is 0 Å². The molecule has 100 valence electrons. The highest BCUT2D eigenvalue weighted by atomic mass is 16.5. The van der Waals surface area contributed by atoms with E-state index in [0.717, 1.165) is 18.4 Å². The van der Waals surface area contributed by atoms with Gasteiger partial charge in [0, 0.05) is 30.7 Å². The van der Waals surface area contributed by atoms with Crippen LogP contribution in [0.25, 0.3) is 0 Å². The summed E-state index contributed by atoms with van der Waals surface area (Å²) in [5.74, 6) is 0.652. The molecule has 1 unspecified atom stereocenters. The summed E-state index contributed by atoms with van der Waals surface area (Å²) in [5, 5.41) is 0. The lowest BCUT2D eigenvalue weighted by atomic mass is 10.1. The minimum atomic E-state index is 0.00763. The first-order valence-electron chi connectivity index (χ1n) is 6.49. The van der Waals surface area contributed by atoms with Gasteiger partial charge in [-0.1, -0.05) is 6.07 Å². The minimum absolute atomic E-state index is 0.00763. The molecule has 4 heteroatoms. The third-order valence-corrected chi connectivity index (χ3v) is 2.89. The maximum atomic E-state index is 5.76. The zero-order valence-electron chi connectivity index (χ0n) is 11.1. The van der Waals surface area contributed by atoms with Crippen molar-refractivity contribution in [1.82, 2.24) is 9.97 Å². The number of hydrogen-bond acceptors (Lipinski definition) is 4. The average molecular weight is 257 g/mol. The van der Waals surface area contributed by atoms with E-state index in [1.807, 2.05) is 43.6 Å². The molecular weight excluding hydrogens is 238 g/mol. The van der Waals surface area contributed by atoms with E-state index in [0.29, 0.717) is 12.5 Å². The van der Waals surface area contributed by atoms with Crippen LogP contribution in [0, 0.1) is 0 Å². The van der Waals surface area contributed by atoms with Crippen molar-refractivity contribution in [3.63, 3.8) is 0 Å². The van der Waals surface area contributed by atoms with Gasteiger partial charge >= 0.3 is 0 Å². The summed E-state index contributed by atoms with van der Waals surface area (Å²) in [6, 6.07) is 7.88. The molecule has 0 amide bonds. The van der Waals surface area contributed by atoms with Crippen LogP contribution in [0.1, 0.15) is 30.5 Å². The molecular formula is C15H19N3O. The molecule has 2 aromatic rings. The molecule has 4 nitrogen and oxygen atoms in total.